The summed E-state index contributed by atoms with van der Waals surface area (Å²) in [5, 5.41) is 6.86. The standard InChI is InChI=1S/C34H41ClN6O3.C2H6/c1-5-24-17-29(28-9-8-25(18-30(28)35)26-7-6-13-36-19-26)34(43)41(21-32(42)37-20-31-22(2)10-14-40(31)4)33(24)39-23(3)38-27-11-15-44-16-12-27;1-2/h5-9,13,17-19,22,27,31,38H,3,10-12,14-16,20-21H2,1-2,4H3,(H,37,42);1-2H3/b24-5-,39-33+;. The Kier molecular flexibility index (Phi) is 12.7. The molecule has 1 aromatic heterocycles. The third kappa shape index (κ3) is 8.51. The summed E-state index contributed by atoms with van der Waals surface area (Å²) in [6.07, 6.45) is 9.94. The Hall–Kier alpha value is -3.79. The van der Waals surface area contributed by atoms with Crippen LogP contribution in [-0.4, -0.2) is 84.4 Å². The van der Waals surface area contributed by atoms with Gasteiger partial charge in [-0.1, -0.05) is 63.2 Å². The molecule has 3 aliphatic rings. The highest BCUT2D eigenvalue weighted by molar-refractivity contribution is 6.38. The van der Waals surface area contributed by atoms with Crippen LogP contribution >= 0.6 is 11.6 Å². The average molecular weight is 647 g/mol. The van der Waals surface area contributed by atoms with Crippen LogP contribution < -0.4 is 10.6 Å². The van der Waals surface area contributed by atoms with Gasteiger partial charge >= 0.3 is 0 Å². The molecule has 0 bridgehead atoms. The van der Waals surface area contributed by atoms with E-state index in [1.54, 1.807) is 18.5 Å². The minimum Gasteiger partial charge on any atom is -0.381 e. The fraction of sp³-hybridized carbons (Fsp3) is 0.444. The molecule has 246 valence electrons. The first-order valence-electron chi connectivity index (χ1n) is 16.2. The highest BCUT2D eigenvalue weighted by Crippen LogP contribution is 2.34. The summed E-state index contributed by atoms with van der Waals surface area (Å²) >= 11 is 6.80. The van der Waals surface area contributed by atoms with E-state index in [0.717, 1.165) is 36.9 Å². The van der Waals surface area contributed by atoms with E-state index < -0.39 is 0 Å². The van der Waals surface area contributed by atoms with Crippen molar-refractivity contribution in [1.82, 2.24) is 25.4 Å². The van der Waals surface area contributed by atoms with Crippen molar-refractivity contribution in [3.8, 4) is 11.1 Å². The van der Waals surface area contributed by atoms with Gasteiger partial charge in [-0.15, -0.1) is 0 Å². The molecule has 10 heteroatoms. The zero-order valence-electron chi connectivity index (χ0n) is 27.7. The maximum absolute atomic E-state index is 14.2. The van der Waals surface area contributed by atoms with Crippen LogP contribution in [0.1, 0.15) is 52.5 Å². The number of pyridine rings is 1. The third-order valence-corrected chi connectivity index (χ3v) is 8.97. The molecule has 9 nitrogen and oxygen atoms in total. The van der Waals surface area contributed by atoms with Crippen LogP contribution in [0.25, 0.3) is 16.7 Å². The second-order valence-corrected chi connectivity index (χ2v) is 12.1. The van der Waals surface area contributed by atoms with Crippen molar-refractivity contribution in [3.05, 3.63) is 83.4 Å². The van der Waals surface area contributed by atoms with E-state index in [1.807, 2.05) is 57.2 Å². The van der Waals surface area contributed by atoms with E-state index in [0.29, 0.717) is 59.1 Å². The summed E-state index contributed by atoms with van der Waals surface area (Å²) in [6, 6.07) is 9.84. The predicted molar refractivity (Wildman–Crippen MR) is 186 cm³/mol. The number of carbonyl (C=O) groups is 2. The maximum Gasteiger partial charge on any atom is 0.260 e. The number of allylic oxidation sites excluding steroid dienone is 1. The molecule has 3 aliphatic heterocycles. The first-order valence-corrected chi connectivity index (χ1v) is 16.6. The molecule has 0 aliphatic carbocycles. The van der Waals surface area contributed by atoms with Gasteiger partial charge in [0.05, 0.1) is 0 Å². The normalized spacial score (nSPS) is 22.3. The van der Waals surface area contributed by atoms with Gasteiger partial charge in [0.1, 0.15) is 18.2 Å². The summed E-state index contributed by atoms with van der Waals surface area (Å²) in [7, 11) is 2.08. The minimum absolute atomic E-state index is 0.180. The van der Waals surface area contributed by atoms with Crippen molar-refractivity contribution in [2.75, 3.05) is 39.9 Å². The van der Waals surface area contributed by atoms with Crippen LogP contribution in [0.2, 0.25) is 5.02 Å². The smallest absolute Gasteiger partial charge is 0.260 e. The number of hydrogen-bond donors (Lipinski definition) is 2. The number of ether oxygens (including phenoxy) is 1. The number of amidine groups is 1. The lowest BCUT2D eigenvalue weighted by Gasteiger charge is -2.31. The molecule has 46 heavy (non-hydrogen) atoms. The molecule has 2 unspecified atom stereocenters. The minimum atomic E-state index is -0.356. The Morgan fingerprint density at radius 1 is 1.20 bits per heavy atom. The second-order valence-electron chi connectivity index (χ2n) is 11.7. The lowest BCUT2D eigenvalue weighted by atomic mass is 9.94. The molecule has 2 aromatic rings. The first-order chi connectivity index (χ1) is 22.2. The summed E-state index contributed by atoms with van der Waals surface area (Å²) in [4.78, 5) is 40.3. The second kappa shape index (κ2) is 16.7. The lowest BCUT2D eigenvalue weighted by molar-refractivity contribution is -0.128. The number of likely N-dealkylation sites (tertiary alicyclic amines) is 1. The van der Waals surface area contributed by atoms with Crippen LogP contribution in [0.15, 0.2) is 77.8 Å². The van der Waals surface area contributed by atoms with Crippen molar-refractivity contribution >= 4 is 34.8 Å². The van der Waals surface area contributed by atoms with Crippen LogP contribution in [0.3, 0.4) is 0 Å². The fourth-order valence-corrected chi connectivity index (χ4v) is 6.30. The van der Waals surface area contributed by atoms with Crippen LogP contribution in [0.4, 0.5) is 0 Å². The number of rotatable bonds is 9. The number of halogens is 1. The van der Waals surface area contributed by atoms with Gasteiger partial charge < -0.3 is 20.3 Å². The Morgan fingerprint density at radius 2 is 1.96 bits per heavy atom. The van der Waals surface area contributed by atoms with E-state index in [2.05, 4.69) is 41.1 Å². The topological polar surface area (TPSA) is 99.2 Å². The van der Waals surface area contributed by atoms with E-state index in [9.17, 15) is 9.59 Å². The van der Waals surface area contributed by atoms with Crippen molar-refractivity contribution < 1.29 is 14.3 Å². The van der Waals surface area contributed by atoms with E-state index in [1.165, 1.54) is 4.90 Å². The van der Waals surface area contributed by atoms with Crippen LogP contribution in [-0.2, 0) is 14.3 Å². The molecule has 2 amide bonds. The van der Waals surface area contributed by atoms with Gasteiger partial charge in [0.25, 0.3) is 5.91 Å². The first kappa shape index (κ1) is 35.1. The van der Waals surface area contributed by atoms with Crippen molar-refractivity contribution in [2.45, 2.75) is 59.0 Å². The third-order valence-electron chi connectivity index (χ3n) is 8.66. The van der Waals surface area contributed by atoms with Gasteiger partial charge in [-0.05, 0) is 69.5 Å². The van der Waals surface area contributed by atoms with E-state index in [4.69, 9.17) is 21.3 Å². The summed E-state index contributed by atoms with van der Waals surface area (Å²) < 4.78 is 5.47. The van der Waals surface area contributed by atoms with Crippen LogP contribution in [0.5, 0.6) is 0 Å². The molecule has 2 atom stereocenters. The van der Waals surface area contributed by atoms with Crippen molar-refractivity contribution in [3.63, 3.8) is 0 Å². The Labute approximate surface area is 278 Å². The molecule has 0 saturated carbocycles. The summed E-state index contributed by atoms with van der Waals surface area (Å²) in [5.74, 6) is 0.675. The van der Waals surface area contributed by atoms with Gasteiger partial charge in [-0.2, -0.15) is 0 Å². The van der Waals surface area contributed by atoms with E-state index in [-0.39, 0.29) is 30.4 Å². The van der Waals surface area contributed by atoms with Gasteiger partial charge in [0.15, 0.2) is 0 Å². The maximum atomic E-state index is 14.2. The molecule has 4 heterocycles. The molecular weight excluding hydrogens is 600 g/mol. The molecule has 2 N–H and O–H groups in total. The molecule has 0 radical (unpaired) electrons. The molecule has 2 saturated heterocycles. The Morgan fingerprint density at radius 3 is 2.59 bits per heavy atom. The van der Waals surface area contributed by atoms with Crippen LogP contribution in [0, 0.1) is 5.92 Å². The number of aromatic nitrogens is 1. The Balaban J connectivity index is 0.00000235. The average Bonchev–Trinajstić information content (AvgIpc) is 3.40. The van der Waals surface area contributed by atoms with Gasteiger partial charge in [-0.3, -0.25) is 19.5 Å². The van der Waals surface area contributed by atoms with Gasteiger partial charge in [0.2, 0.25) is 5.91 Å². The number of aliphatic imine (C=N–C) groups is 1. The number of nitrogens with zero attached hydrogens (tertiary/aromatic N) is 4. The number of hydrogen-bond acceptors (Lipinski definition) is 7. The Bertz CT molecular complexity index is 1470. The molecule has 5 rings (SSSR count). The zero-order valence-corrected chi connectivity index (χ0v) is 28.4. The lowest BCUT2D eigenvalue weighted by Crippen LogP contribution is -2.49. The number of nitrogens with one attached hydrogen (secondary N) is 2. The SMILES string of the molecule is C=C(/N=C1\C(=C/C)C=C(c2ccc(-c3cccnc3)cc2Cl)C(=O)N1CC(=O)NCC1C(C)CCN1C)NC1CCOCC1.CC. The van der Waals surface area contributed by atoms with Gasteiger partial charge in [0, 0.05) is 71.5 Å². The largest absolute Gasteiger partial charge is 0.381 e. The quantitative estimate of drug-likeness (QED) is 0.363. The molecular formula is C36H47ClN6O3. The number of carbonyl (C=O) groups excluding carboxylic acids is 2. The zero-order chi connectivity index (χ0) is 33.2. The molecule has 0 spiro atoms. The molecule has 2 fully saturated rings. The highest BCUT2D eigenvalue weighted by atomic mass is 35.5. The summed E-state index contributed by atoms with van der Waals surface area (Å²) in [6.45, 7) is 14.9. The number of benzene rings is 1. The highest BCUT2D eigenvalue weighted by Gasteiger charge is 2.34. The summed E-state index contributed by atoms with van der Waals surface area (Å²) in [5.41, 5.74) is 3.47. The monoisotopic (exact) mass is 646 g/mol. The number of amides is 2. The fourth-order valence-electron chi connectivity index (χ4n) is 6.02. The predicted octanol–water partition coefficient (Wildman–Crippen LogP) is 5.69. The molecule has 1 aromatic carbocycles. The van der Waals surface area contributed by atoms with Crippen molar-refractivity contribution in [1.29, 1.82) is 0 Å². The van der Waals surface area contributed by atoms with Crippen molar-refractivity contribution in [2.24, 2.45) is 10.9 Å². The van der Waals surface area contributed by atoms with E-state index >= 15 is 0 Å². The number of likely N-dealkylation sites (N-methyl/N-ethyl adjacent to an activating group) is 1. The van der Waals surface area contributed by atoms with Gasteiger partial charge in [-0.25, -0.2) is 4.99 Å².